The molecule has 26 heavy (non-hydrogen) atoms. The van der Waals surface area contributed by atoms with E-state index in [9.17, 15) is 18.0 Å². The Morgan fingerprint density at radius 1 is 1.00 bits per heavy atom. The highest BCUT2D eigenvalue weighted by atomic mass is 19.4. The van der Waals surface area contributed by atoms with Crippen molar-refractivity contribution in [3.05, 3.63) is 35.9 Å². The van der Waals surface area contributed by atoms with Crippen LogP contribution in [-0.4, -0.2) is 53.8 Å². The van der Waals surface area contributed by atoms with Crippen LogP contribution in [0.2, 0.25) is 0 Å². The number of likely N-dealkylation sites (tertiary alicyclic amines) is 2. The second-order valence-electron chi connectivity index (χ2n) is 7.08. The molecule has 2 aliphatic heterocycles. The number of benzene rings is 1. The van der Waals surface area contributed by atoms with Crippen LogP contribution in [0.15, 0.2) is 30.3 Å². The van der Waals surface area contributed by atoms with E-state index in [1.165, 1.54) is 0 Å². The minimum absolute atomic E-state index is 0.159. The van der Waals surface area contributed by atoms with E-state index >= 15 is 0 Å². The van der Waals surface area contributed by atoms with Crippen molar-refractivity contribution >= 4 is 5.91 Å². The molecule has 0 saturated carbocycles. The van der Waals surface area contributed by atoms with E-state index in [0.717, 1.165) is 18.4 Å². The summed E-state index contributed by atoms with van der Waals surface area (Å²) in [5, 5.41) is 0. The lowest BCUT2D eigenvalue weighted by atomic mass is 10.0. The Morgan fingerprint density at radius 3 is 2.35 bits per heavy atom. The van der Waals surface area contributed by atoms with Crippen molar-refractivity contribution in [3.63, 3.8) is 0 Å². The van der Waals surface area contributed by atoms with E-state index in [2.05, 4.69) is 9.64 Å². The number of halogens is 3. The number of rotatable bonds is 4. The van der Waals surface area contributed by atoms with E-state index < -0.39 is 12.5 Å². The molecular weight excluding hydrogens is 345 g/mol. The maximum atomic E-state index is 12.4. The largest absolute Gasteiger partial charge is 0.522 e. The number of hydrogen-bond donors (Lipinski definition) is 0. The second-order valence-corrected chi connectivity index (χ2v) is 7.08. The highest BCUT2D eigenvalue weighted by molar-refractivity contribution is 5.76. The van der Waals surface area contributed by atoms with Crippen LogP contribution in [0.5, 0.6) is 0 Å². The molecule has 144 valence electrons. The van der Waals surface area contributed by atoms with Crippen molar-refractivity contribution in [3.8, 4) is 0 Å². The quantitative estimate of drug-likeness (QED) is 0.812. The number of carbonyl (C=O) groups excluding carboxylic acids is 1. The summed E-state index contributed by atoms with van der Waals surface area (Å²) in [5.74, 6) is 0.159. The first kappa shape index (κ1) is 19.2. The Morgan fingerprint density at radius 2 is 1.69 bits per heavy atom. The van der Waals surface area contributed by atoms with Gasteiger partial charge in [0.1, 0.15) is 0 Å². The SMILES string of the molecule is O=C1CCC(N2CCC(OC(F)(F)F)CC2)CCN1Cc1ccccc1. The summed E-state index contributed by atoms with van der Waals surface area (Å²) >= 11 is 0. The number of hydrogen-bond acceptors (Lipinski definition) is 3. The zero-order chi connectivity index (χ0) is 18.6. The maximum absolute atomic E-state index is 12.4. The third kappa shape index (κ3) is 5.45. The molecule has 1 aromatic carbocycles. The Hall–Kier alpha value is -1.60. The normalized spacial score (nSPS) is 23.9. The van der Waals surface area contributed by atoms with Crippen molar-refractivity contribution in [1.29, 1.82) is 0 Å². The van der Waals surface area contributed by atoms with Gasteiger partial charge in [0.2, 0.25) is 5.91 Å². The lowest BCUT2D eigenvalue weighted by Crippen LogP contribution is -2.44. The topological polar surface area (TPSA) is 32.8 Å². The van der Waals surface area contributed by atoms with Gasteiger partial charge in [-0.1, -0.05) is 30.3 Å². The highest BCUT2D eigenvalue weighted by Gasteiger charge is 2.36. The number of amides is 1. The molecule has 2 heterocycles. The molecule has 0 spiro atoms. The molecular formula is C19H25F3N2O2. The molecule has 2 aliphatic rings. The summed E-state index contributed by atoms with van der Waals surface area (Å²) in [7, 11) is 0. The van der Waals surface area contributed by atoms with Crippen LogP contribution in [0, 0.1) is 0 Å². The highest BCUT2D eigenvalue weighted by Crippen LogP contribution is 2.27. The molecule has 2 saturated heterocycles. The Labute approximate surface area is 151 Å². The summed E-state index contributed by atoms with van der Waals surface area (Å²) in [6.45, 7) is 2.50. The number of alkyl halides is 3. The summed E-state index contributed by atoms with van der Waals surface area (Å²) in [6.07, 6.45) is -2.39. The number of nitrogens with zero attached hydrogens (tertiary/aromatic N) is 2. The van der Waals surface area contributed by atoms with Gasteiger partial charge in [0.15, 0.2) is 0 Å². The Bertz CT molecular complexity index is 586. The van der Waals surface area contributed by atoms with Crippen molar-refractivity contribution < 1.29 is 22.7 Å². The van der Waals surface area contributed by atoms with Crippen LogP contribution in [-0.2, 0) is 16.1 Å². The van der Waals surface area contributed by atoms with Gasteiger partial charge in [0.05, 0.1) is 6.10 Å². The number of piperidine rings is 1. The smallest absolute Gasteiger partial charge is 0.338 e. The van der Waals surface area contributed by atoms with Crippen molar-refractivity contribution in [2.24, 2.45) is 0 Å². The van der Waals surface area contributed by atoms with Gasteiger partial charge in [-0.25, -0.2) is 0 Å². The molecule has 1 aromatic rings. The molecule has 4 nitrogen and oxygen atoms in total. The van der Waals surface area contributed by atoms with Crippen molar-refractivity contribution in [2.75, 3.05) is 19.6 Å². The molecule has 1 unspecified atom stereocenters. The average Bonchev–Trinajstić information content (AvgIpc) is 2.78. The monoisotopic (exact) mass is 370 g/mol. The van der Waals surface area contributed by atoms with Gasteiger partial charge in [-0.2, -0.15) is 0 Å². The van der Waals surface area contributed by atoms with Crippen LogP contribution in [0.3, 0.4) is 0 Å². The van der Waals surface area contributed by atoms with Crippen LogP contribution >= 0.6 is 0 Å². The van der Waals surface area contributed by atoms with E-state index in [-0.39, 0.29) is 11.9 Å². The van der Waals surface area contributed by atoms with Gasteiger partial charge >= 0.3 is 6.36 Å². The molecule has 1 atom stereocenters. The summed E-state index contributed by atoms with van der Waals surface area (Å²) in [5.41, 5.74) is 1.12. The van der Waals surface area contributed by atoms with Gasteiger partial charge in [-0.15, -0.1) is 13.2 Å². The first-order valence-corrected chi connectivity index (χ1v) is 9.21. The molecule has 3 rings (SSSR count). The minimum atomic E-state index is -4.56. The number of ether oxygens (including phenoxy) is 1. The van der Waals surface area contributed by atoms with Gasteiger partial charge in [0.25, 0.3) is 0 Å². The molecule has 0 aliphatic carbocycles. The zero-order valence-corrected chi connectivity index (χ0v) is 14.8. The Balaban J connectivity index is 1.50. The van der Waals surface area contributed by atoms with E-state index in [1.54, 1.807) is 0 Å². The molecule has 2 fully saturated rings. The maximum Gasteiger partial charge on any atom is 0.522 e. The van der Waals surface area contributed by atoms with Crippen molar-refractivity contribution in [1.82, 2.24) is 9.80 Å². The zero-order valence-electron chi connectivity index (χ0n) is 14.8. The Kier molecular flexibility index (Phi) is 6.19. The fraction of sp³-hybridized carbons (Fsp3) is 0.632. The first-order valence-electron chi connectivity index (χ1n) is 9.21. The summed E-state index contributed by atoms with van der Waals surface area (Å²) < 4.78 is 41.1. The van der Waals surface area contributed by atoms with E-state index in [0.29, 0.717) is 45.4 Å². The standard InChI is InChI=1S/C19H25F3N2O2/c20-19(21,22)26-17-9-12-23(13-10-17)16-6-7-18(25)24(11-8-16)14-15-4-2-1-3-5-15/h1-5,16-17H,6-14H2. The van der Waals surface area contributed by atoms with E-state index in [4.69, 9.17) is 0 Å². The lowest BCUT2D eigenvalue weighted by molar-refractivity contribution is -0.346. The fourth-order valence-electron chi connectivity index (χ4n) is 3.91. The molecule has 0 aromatic heterocycles. The second kappa shape index (κ2) is 8.39. The molecule has 0 radical (unpaired) electrons. The van der Waals surface area contributed by atoms with Crippen LogP contribution in [0.25, 0.3) is 0 Å². The summed E-state index contributed by atoms with van der Waals surface area (Å²) in [6, 6.07) is 10.2. The average molecular weight is 370 g/mol. The van der Waals surface area contributed by atoms with Gasteiger partial charge in [-0.3, -0.25) is 9.53 Å². The number of carbonyl (C=O) groups is 1. The third-order valence-electron chi connectivity index (χ3n) is 5.29. The predicted molar refractivity (Wildman–Crippen MR) is 91.2 cm³/mol. The molecule has 7 heteroatoms. The minimum Gasteiger partial charge on any atom is -0.338 e. The predicted octanol–water partition coefficient (Wildman–Crippen LogP) is 3.57. The van der Waals surface area contributed by atoms with Gasteiger partial charge < -0.3 is 9.80 Å². The van der Waals surface area contributed by atoms with Crippen LogP contribution in [0.1, 0.15) is 37.7 Å². The first-order chi connectivity index (χ1) is 12.4. The fourth-order valence-corrected chi connectivity index (χ4v) is 3.91. The van der Waals surface area contributed by atoms with Crippen molar-refractivity contribution in [2.45, 2.75) is 57.2 Å². The van der Waals surface area contributed by atoms with Gasteiger partial charge in [0, 0.05) is 38.6 Å². The summed E-state index contributed by atoms with van der Waals surface area (Å²) in [4.78, 5) is 16.5. The molecule has 0 bridgehead atoms. The molecule has 0 N–H and O–H groups in total. The van der Waals surface area contributed by atoms with Crippen LogP contribution in [0.4, 0.5) is 13.2 Å². The van der Waals surface area contributed by atoms with E-state index in [1.807, 2.05) is 35.2 Å². The van der Waals surface area contributed by atoms with Gasteiger partial charge in [-0.05, 0) is 31.2 Å². The lowest BCUT2D eigenvalue weighted by Gasteiger charge is -2.37. The molecule has 1 amide bonds. The third-order valence-corrected chi connectivity index (χ3v) is 5.29. The van der Waals surface area contributed by atoms with Crippen LogP contribution < -0.4 is 0 Å².